The Morgan fingerprint density at radius 2 is 1.85 bits per heavy atom. The quantitative estimate of drug-likeness (QED) is 0.335. The first kappa shape index (κ1) is 24.6. The fourth-order valence-electron chi connectivity index (χ4n) is 2.82. The Morgan fingerprint density at radius 1 is 1.26 bits per heavy atom. The van der Waals surface area contributed by atoms with Crippen LogP contribution in [0.15, 0.2) is 23.2 Å². The van der Waals surface area contributed by atoms with Gasteiger partial charge in [-0.25, -0.2) is 8.42 Å². The van der Waals surface area contributed by atoms with Gasteiger partial charge in [-0.05, 0) is 37.0 Å². The van der Waals surface area contributed by atoms with Crippen molar-refractivity contribution in [3.8, 4) is 5.75 Å². The molecule has 1 heterocycles. The number of guanidine groups is 1. The Hall–Kier alpha value is -0.450. The number of nitrogens with zero attached hydrogens (tertiary/aromatic N) is 2. The van der Waals surface area contributed by atoms with Crippen molar-refractivity contribution >= 4 is 63.0 Å². The fourth-order valence-corrected chi connectivity index (χ4v) is 3.80. The summed E-state index contributed by atoms with van der Waals surface area (Å²) in [6, 6.07) is 5.20. The van der Waals surface area contributed by atoms with Crippen LogP contribution in [0.4, 0.5) is 0 Å². The average Bonchev–Trinajstić information content (AvgIpc) is 2.56. The molecule has 1 fully saturated rings. The summed E-state index contributed by atoms with van der Waals surface area (Å²) in [7, 11) is -1.27. The topological polar surface area (TPSA) is 71.0 Å². The van der Waals surface area contributed by atoms with Crippen LogP contribution in [0.2, 0.25) is 10.0 Å². The Labute approximate surface area is 188 Å². The molecule has 154 valence electrons. The van der Waals surface area contributed by atoms with Gasteiger partial charge in [-0.1, -0.05) is 23.2 Å². The van der Waals surface area contributed by atoms with E-state index in [-0.39, 0.29) is 29.7 Å². The molecule has 1 aliphatic rings. The SMILES string of the molecule is CN=C(NCCS(C)(=O)=O)N1CCC(COc2cc(Cl)cc(Cl)c2)CC1.I. The Kier molecular flexibility index (Phi) is 10.5. The van der Waals surface area contributed by atoms with Crippen molar-refractivity contribution in [2.45, 2.75) is 12.8 Å². The lowest BCUT2D eigenvalue weighted by atomic mass is 9.98. The molecule has 0 atom stereocenters. The zero-order valence-electron chi connectivity index (χ0n) is 15.5. The molecule has 0 unspecified atom stereocenters. The molecule has 1 aromatic rings. The van der Waals surface area contributed by atoms with E-state index in [1.807, 2.05) is 0 Å². The molecule has 0 spiro atoms. The zero-order chi connectivity index (χ0) is 19.2. The van der Waals surface area contributed by atoms with Crippen molar-refractivity contribution < 1.29 is 13.2 Å². The molecule has 1 N–H and O–H groups in total. The molecule has 27 heavy (non-hydrogen) atoms. The van der Waals surface area contributed by atoms with Gasteiger partial charge in [-0.3, -0.25) is 4.99 Å². The monoisotopic (exact) mass is 549 g/mol. The van der Waals surface area contributed by atoms with Crippen molar-refractivity contribution in [1.82, 2.24) is 10.2 Å². The summed E-state index contributed by atoms with van der Waals surface area (Å²) in [4.78, 5) is 6.39. The van der Waals surface area contributed by atoms with E-state index in [9.17, 15) is 8.42 Å². The first-order valence-corrected chi connectivity index (χ1v) is 11.3. The van der Waals surface area contributed by atoms with Gasteiger partial charge in [0.15, 0.2) is 5.96 Å². The molecule has 1 aliphatic heterocycles. The molecule has 0 amide bonds. The van der Waals surface area contributed by atoms with Crippen molar-refractivity contribution in [2.24, 2.45) is 10.9 Å². The molecular weight excluding hydrogens is 524 g/mol. The highest BCUT2D eigenvalue weighted by molar-refractivity contribution is 14.0. The van der Waals surface area contributed by atoms with E-state index in [2.05, 4.69) is 15.2 Å². The number of sulfone groups is 1. The summed E-state index contributed by atoms with van der Waals surface area (Å²) in [6.45, 7) is 2.68. The normalized spacial score (nSPS) is 16.0. The molecule has 0 radical (unpaired) electrons. The summed E-state index contributed by atoms with van der Waals surface area (Å²) >= 11 is 12.0. The summed E-state index contributed by atoms with van der Waals surface area (Å²) in [5.41, 5.74) is 0. The van der Waals surface area contributed by atoms with Crippen LogP contribution in [0, 0.1) is 5.92 Å². The first-order chi connectivity index (χ1) is 12.3. The van der Waals surface area contributed by atoms with Crippen molar-refractivity contribution in [3.63, 3.8) is 0 Å². The third kappa shape index (κ3) is 9.06. The molecule has 1 aromatic carbocycles. The number of hydrogen-bond acceptors (Lipinski definition) is 4. The largest absolute Gasteiger partial charge is 0.493 e. The second-order valence-electron chi connectivity index (χ2n) is 6.45. The number of benzene rings is 1. The molecule has 0 aliphatic carbocycles. The van der Waals surface area contributed by atoms with Gasteiger partial charge in [0.1, 0.15) is 15.6 Å². The minimum Gasteiger partial charge on any atom is -0.493 e. The molecule has 0 saturated carbocycles. The highest BCUT2D eigenvalue weighted by Gasteiger charge is 2.22. The highest BCUT2D eigenvalue weighted by atomic mass is 127. The molecular formula is C17H26Cl2IN3O3S. The minimum absolute atomic E-state index is 0. The van der Waals surface area contributed by atoms with Crippen molar-refractivity contribution in [2.75, 3.05) is 45.3 Å². The third-order valence-corrected chi connectivity index (χ3v) is 5.59. The maximum absolute atomic E-state index is 11.2. The summed E-state index contributed by atoms with van der Waals surface area (Å²) in [6.07, 6.45) is 3.18. The molecule has 0 aromatic heterocycles. The van der Waals surface area contributed by atoms with Crippen LogP contribution in [-0.2, 0) is 9.84 Å². The lowest BCUT2D eigenvalue weighted by molar-refractivity contribution is 0.179. The summed E-state index contributed by atoms with van der Waals surface area (Å²) in [5.74, 6) is 1.97. The van der Waals surface area contributed by atoms with Crippen molar-refractivity contribution in [3.05, 3.63) is 28.2 Å². The van der Waals surface area contributed by atoms with Crippen LogP contribution < -0.4 is 10.1 Å². The second-order valence-corrected chi connectivity index (χ2v) is 9.58. The van der Waals surface area contributed by atoms with E-state index in [1.54, 1.807) is 25.2 Å². The summed E-state index contributed by atoms with van der Waals surface area (Å²) in [5, 5.41) is 4.24. The molecule has 1 saturated heterocycles. The number of piperidine rings is 1. The number of halogens is 3. The maximum Gasteiger partial charge on any atom is 0.193 e. The standard InChI is InChI=1S/C17H25Cl2N3O3S.HI/c1-20-17(21-5-8-26(2,23)24)22-6-3-13(4-7-22)12-25-16-10-14(18)9-15(19)11-16;/h9-11,13H,3-8,12H2,1-2H3,(H,20,21);1H. The number of aliphatic imine (C=N–C) groups is 1. The van der Waals surface area contributed by atoms with E-state index in [0.717, 1.165) is 31.9 Å². The predicted molar refractivity (Wildman–Crippen MR) is 123 cm³/mol. The van der Waals surface area contributed by atoms with Crippen LogP contribution in [0.1, 0.15) is 12.8 Å². The van der Waals surface area contributed by atoms with Gasteiger partial charge in [0.2, 0.25) is 0 Å². The van der Waals surface area contributed by atoms with Crippen LogP contribution in [0.5, 0.6) is 5.75 Å². The first-order valence-electron chi connectivity index (χ1n) is 8.49. The smallest absolute Gasteiger partial charge is 0.193 e. The van der Waals surface area contributed by atoms with Gasteiger partial charge in [0.25, 0.3) is 0 Å². The fraction of sp³-hybridized carbons (Fsp3) is 0.588. The van der Waals surface area contributed by atoms with Gasteiger partial charge in [-0.2, -0.15) is 0 Å². The maximum atomic E-state index is 11.2. The Bertz CT molecular complexity index is 719. The summed E-state index contributed by atoms with van der Waals surface area (Å²) < 4.78 is 28.3. The predicted octanol–water partition coefficient (Wildman–Crippen LogP) is 3.32. The minimum atomic E-state index is -2.98. The van der Waals surface area contributed by atoms with Gasteiger partial charge >= 0.3 is 0 Å². The average molecular weight is 550 g/mol. The van der Waals surface area contributed by atoms with Crippen LogP contribution in [0.3, 0.4) is 0 Å². The number of hydrogen-bond donors (Lipinski definition) is 1. The lowest BCUT2D eigenvalue weighted by Gasteiger charge is -2.34. The second kappa shape index (κ2) is 11.5. The van der Waals surface area contributed by atoms with Gasteiger partial charge in [-0.15, -0.1) is 24.0 Å². The van der Waals surface area contributed by atoms with Crippen LogP contribution in [-0.4, -0.2) is 64.6 Å². The molecule has 10 heteroatoms. The number of nitrogens with one attached hydrogen (secondary N) is 1. The van der Waals surface area contributed by atoms with E-state index in [4.69, 9.17) is 27.9 Å². The van der Waals surface area contributed by atoms with Crippen LogP contribution >= 0.6 is 47.2 Å². The molecule has 0 bridgehead atoms. The Balaban J connectivity index is 0.00000364. The Morgan fingerprint density at radius 3 is 2.37 bits per heavy atom. The van der Waals surface area contributed by atoms with E-state index >= 15 is 0 Å². The van der Waals surface area contributed by atoms with Gasteiger partial charge in [0.05, 0.1) is 12.4 Å². The number of likely N-dealkylation sites (tertiary alicyclic amines) is 1. The van der Waals surface area contributed by atoms with Crippen molar-refractivity contribution in [1.29, 1.82) is 0 Å². The van der Waals surface area contributed by atoms with Crippen LogP contribution in [0.25, 0.3) is 0 Å². The molecule has 6 nitrogen and oxygen atoms in total. The van der Waals surface area contributed by atoms with E-state index in [0.29, 0.717) is 34.9 Å². The van der Waals surface area contributed by atoms with Gasteiger partial charge < -0.3 is 15.0 Å². The van der Waals surface area contributed by atoms with Gasteiger partial charge in [0, 0.05) is 43.0 Å². The van der Waals surface area contributed by atoms with E-state index in [1.165, 1.54) is 6.26 Å². The zero-order valence-corrected chi connectivity index (χ0v) is 20.1. The highest BCUT2D eigenvalue weighted by Crippen LogP contribution is 2.25. The number of rotatable bonds is 6. The lowest BCUT2D eigenvalue weighted by Crippen LogP contribution is -2.47. The number of ether oxygens (including phenoxy) is 1. The molecule has 2 rings (SSSR count). The third-order valence-electron chi connectivity index (χ3n) is 4.20. The van der Waals surface area contributed by atoms with E-state index < -0.39 is 9.84 Å².